The van der Waals surface area contributed by atoms with Gasteiger partial charge in [-0.1, -0.05) is 17.8 Å². The highest BCUT2D eigenvalue weighted by molar-refractivity contribution is 8.15. The lowest BCUT2D eigenvalue weighted by molar-refractivity contribution is -0.274. The van der Waals surface area contributed by atoms with Crippen LogP contribution in [0.5, 0.6) is 11.5 Å². The van der Waals surface area contributed by atoms with Gasteiger partial charge in [0.05, 0.1) is 36.5 Å². The zero-order valence-corrected chi connectivity index (χ0v) is 25.1. The summed E-state index contributed by atoms with van der Waals surface area (Å²) in [6.45, 7) is -2.04. The lowest BCUT2D eigenvalue weighted by atomic mass is 10.1. The minimum Gasteiger partial charge on any atom is -0.497 e. The number of hydrogen-bond acceptors (Lipinski definition) is 8. The number of carbonyl (C=O) groups is 2. The van der Waals surface area contributed by atoms with Gasteiger partial charge in [-0.2, -0.15) is 18.2 Å². The van der Waals surface area contributed by atoms with Crippen LogP contribution < -0.4 is 19.7 Å². The Bertz CT molecular complexity index is 1850. The summed E-state index contributed by atoms with van der Waals surface area (Å²) >= 11 is 0.885. The Morgan fingerprint density at radius 3 is 2.42 bits per heavy atom. The highest BCUT2D eigenvalue weighted by atomic mass is 32.2. The molecule has 19 heteroatoms. The van der Waals surface area contributed by atoms with E-state index in [9.17, 15) is 35.9 Å². The normalized spacial score (nSPS) is 14.5. The summed E-state index contributed by atoms with van der Waals surface area (Å²) in [6.07, 6.45) is -8.17. The van der Waals surface area contributed by atoms with E-state index in [-0.39, 0.29) is 45.1 Å². The van der Waals surface area contributed by atoms with Crippen molar-refractivity contribution in [2.75, 3.05) is 29.7 Å². The smallest absolute Gasteiger partial charge is 0.497 e. The number of urea groups is 1. The Morgan fingerprint density at radius 2 is 1.75 bits per heavy atom. The Balaban J connectivity index is 1.30. The number of amidine groups is 1. The molecule has 1 saturated heterocycles. The van der Waals surface area contributed by atoms with Gasteiger partial charge in [-0.05, 0) is 42.5 Å². The maximum Gasteiger partial charge on any atom is 0.573 e. The predicted molar refractivity (Wildman–Crippen MR) is 159 cm³/mol. The summed E-state index contributed by atoms with van der Waals surface area (Å²) in [6, 6.07) is 11.7. The molecule has 0 aliphatic carbocycles. The standard InChI is InChI=1S/C29H21F7N6O5S/c1-45-20-8-4-17(12-46-14-28(31,32)33)23(11-20)42-24(43)13-48-27(42)39-26(44)38-22-9-5-18(10-21(22)30)41-15-37-25(40-41)16-2-6-19(7-3-16)47-29(34,35)36/h2-11,15H,12-14H2,1H3,(H,38,44)/b39-27-. The van der Waals surface area contributed by atoms with Gasteiger partial charge in [-0.15, -0.1) is 18.3 Å². The van der Waals surface area contributed by atoms with Crippen LogP contribution >= 0.6 is 11.8 Å². The number of nitrogens with zero attached hydrogens (tertiary/aromatic N) is 5. The van der Waals surface area contributed by atoms with E-state index in [1.54, 1.807) is 0 Å². The van der Waals surface area contributed by atoms with Crippen molar-refractivity contribution < 1.29 is 54.5 Å². The fourth-order valence-electron chi connectivity index (χ4n) is 4.26. The van der Waals surface area contributed by atoms with Crippen molar-refractivity contribution in [2.45, 2.75) is 19.1 Å². The van der Waals surface area contributed by atoms with Crippen LogP contribution in [0.1, 0.15) is 5.56 Å². The molecule has 0 radical (unpaired) electrons. The first-order valence-electron chi connectivity index (χ1n) is 13.4. The maximum absolute atomic E-state index is 15.1. The van der Waals surface area contributed by atoms with E-state index in [4.69, 9.17) is 9.47 Å². The molecular formula is C29H21F7N6O5S. The molecule has 3 amide bonds. The van der Waals surface area contributed by atoms with Crippen molar-refractivity contribution in [1.82, 2.24) is 14.8 Å². The quantitative estimate of drug-likeness (QED) is 0.191. The fourth-order valence-corrected chi connectivity index (χ4v) is 5.12. The lowest BCUT2D eigenvalue weighted by Crippen LogP contribution is -2.31. The number of aromatic nitrogens is 3. The Morgan fingerprint density at radius 1 is 1.02 bits per heavy atom. The van der Waals surface area contributed by atoms with Gasteiger partial charge in [0.1, 0.15) is 30.3 Å². The number of ether oxygens (including phenoxy) is 3. The van der Waals surface area contributed by atoms with Crippen LogP contribution in [0.3, 0.4) is 0 Å². The molecule has 11 nitrogen and oxygen atoms in total. The molecule has 1 N–H and O–H groups in total. The van der Waals surface area contributed by atoms with Gasteiger partial charge in [0.2, 0.25) is 5.91 Å². The third-order valence-corrected chi connectivity index (χ3v) is 7.24. The van der Waals surface area contributed by atoms with E-state index in [0.717, 1.165) is 34.9 Å². The van der Waals surface area contributed by atoms with Crippen LogP contribution in [0.15, 0.2) is 72.0 Å². The summed E-state index contributed by atoms with van der Waals surface area (Å²) in [4.78, 5) is 34.6. The Hall–Kier alpha value is -5.17. The van der Waals surface area contributed by atoms with Gasteiger partial charge >= 0.3 is 18.6 Å². The summed E-state index contributed by atoms with van der Waals surface area (Å²) < 4.78 is 105. The van der Waals surface area contributed by atoms with Crippen molar-refractivity contribution in [3.05, 3.63) is 78.4 Å². The molecule has 1 fully saturated rings. The summed E-state index contributed by atoms with van der Waals surface area (Å²) in [5.74, 6) is -1.59. The molecule has 252 valence electrons. The number of anilines is 2. The van der Waals surface area contributed by atoms with Gasteiger partial charge in [0, 0.05) is 23.3 Å². The van der Waals surface area contributed by atoms with Gasteiger partial charge in [0.25, 0.3) is 0 Å². The molecule has 1 aromatic heterocycles. The second kappa shape index (κ2) is 13.9. The molecule has 48 heavy (non-hydrogen) atoms. The van der Waals surface area contributed by atoms with Crippen molar-refractivity contribution in [2.24, 2.45) is 4.99 Å². The highest BCUT2D eigenvalue weighted by Gasteiger charge is 2.34. The number of alkyl halides is 6. The van der Waals surface area contributed by atoms with E-state index < -0.39 is 49.3 Å². The van der Waals surface area contributed by atoms with Gasteiger partial charge in [-0.3, -0.25) is 9.69 Å². The second-order valence-corrected chi connectivity index (χ2v) is 10.6. The van der Waals surface area contributed by atoms with Gasteiger partial charge in [-0.25, -0.2) is 18.9 Å². The number of halogens is 7. The third-order valence-electron chi connectivity index (χ3n) is 6.32. The van der Waals surface area contributed by atoms with E-state index in [2.05, 4.69) is 25.1 Å². The number of methoxy groups -OCH3 is 1. The van der Waals surface area contributed by atoms with Crippen LogP contribution in [0, 0.1) is 5.82 Å². The van der Waals surface area contributed by atoms with Crippen molar-refractivity contribution >= 4 is 40.2 Å². The van der Waals surface area contributed by atoms with Crippen LogP contribution in [0.2, 0.25) is 0 Å². The van der Waals surface area contributed by atoms with Gasteiger partial charge < -0.3 is 19.5 Å². The molecule has 0 bridgehead atoms. The molecule has 0 saturated carbocycles. The molecule has 2 heterocycles. The lowest BCUT2D eigenvalue weighted by Gasteiger charge is -2.21. The first-order valence-corrected chi connectivity index (χ1v) is 14.4. The van der Waals surface area contributed by atoms with Crippen molar-refractivity contribution in [1.29, 1.82) is 0 Å². The van der Waals surface area contributed by atoms with Crippen LogP contribution in [-0.4, -0.2) is 63.9 Å². The van der Waals surface area contributed by atoms with Gasteiger partial charge in [0.15, 0.2) is 11.0 Å². The molecule has 0 atom stereocenters. The van der Waals surface area contributed by atoms with E-state index in [1.165, 1.54) is 60.6 Å². The molecule has 0 spiro atoms. The SMILES string of the molecule is COc1ccc(COCC(F)(F)F)c(N2C(=O)CS/C2=N\C(=O)Nc2ccc(-n3cnc(-c4ccc(OC(F)(F)F)cc4)n3)cc2F)c1. The Labute approximate surface area is 270 Å². The van der Waals surface area contributed by atoms with Crippen LogP contribution in [0.25, 0.3) is 17.1 Å². The number of carbonyl (C=O) groups excluding carboxylic acids is 2. The average Bonchev–Trinajstić information content (AvgIpc) is 3.64. The molecular weight excluding hydrogens is 677 g/mol. The maximum atomic E-state index is 15.1. The monoisotopic (exact) mass is 698 g/mol. The number of rotatable bonds is 9. The summed E-state index contributed by atoms with van der Waals surface area (Å²) in [5, 5.41) is 6.36. The number of amides is 3. The zero-order valence-electron chi connectivity index (χ0n) is 24.3. The molecule has 3 aromatic carbocycles. The number of benzene rings is 3. The molecule has 1 aliphatic heterocycles. The first-order chi connectivity index (χ1) is 22.7. The number of nitrogens with one attached hydrogen (secondary N) is 1. The summed E-state index contributed by atoms with van der Waals surface area (Å²) in [5.41, 5.74) is 0.547. The number of thioether (sulfide) groups is 1. The summed E-state index contributed by atoms with van der Waals surface area (Å²) in [7, 11) is 1.35. The topological polar surface area (TPSA) is 120 Å². The van der Waals surface area contributed by atoms with Crippen molar-refractivity contribution in [3.63, 3.8) is 0 Å². The average molecular weight is 699 g/mol. The second-order valence-electron chi connectivity index (χ2n) is 9.69. The minimum atomic E-state index is -4.85. The molecule has 4 aromatic rings. The van der Waals surface area contributed by atoms with Crippen molar-refractivity contribution in [3.8, 4) is 28.6 Å². The van der Waals surface area contributed by atoms with E-state index in [1.807, 2.05) is 0 Å². The number of hydrogen-bond donors (Lipinski definition) is 1. The highest BCUT2D eigenvalue weighted by Crippen LogP contribution is 2.34. The third kappa shape index (κ3) is 8.59. The fraction of sp³-hybridized carbons (Fsp3) is 0.207. The molecule has 0 unspecified atom stereocenters. The van der Waals surface area contributed by atoms with Crippen LogP contribution in [-0.2, 0) is 16.1 Å². The van der Waals surface area contributed by atoms with E-state index in [0.29, 0.717) is 5.56 Å². The largest absolute Gasteiger partial charge is 0.573 e. The first kappa shape index (κ1) is 34.2. The Kier molecular flexibility index (Phi) is 9.90. The minimum absolute atomic E-state index is 0.0893. The number of aliphatic imine (C=N–C) groups is 1. The van der Waals surface area contributed by atoms with Crippen LogP contribution in [0.4, 0.5) is 46.9 Å². The zero-order chi connectivity index (χ0) is 34.6. The molecule has 5 rings (SSSR count). The molecule has 1 aliphatic rings. The predicted octanol–water partition coefficient (Wildman–Crippen LogP) is 6.73. The van der Waals surface area contributed by atoms with E-state index >= 15 is 4.39 Å².